The number of carbonyl (C=O) groups is 3. The van der Waals surface area contributed by atoms with Gasteiger partial charge in [0.1, 0.15) is 0 Å². The van der Waals surface area contributed by atoms with Gasteiger partial charge in [0, 0.05) is 6.42 Å². The minimum Gasteiger partial charge on any atom is -0.290 e. The van der Waals surface area contributed by atoms with Crippen LogP contribution < -0.4 is 0 Å². The molecule has 0 atom stereocenters. The molecule has 0 rings (SSSR count). The van der Waals surface area contributed by atoms with Gasteiger partial charge in [-0.3, -0.25) is 14.4 Å². The van der Waals surface area contributed by atoms with Crippen LogP contribution in [0.25, 0.3) is 0 Å². The van der Waals surface area contributed by atoms with Crippen molar-refractivity contribution in [2.45, 2.75) is 13.3 Å². The van der Waals surface area contributed by atoms with Gasteiger partial charge in [0.2, 0.25) is 5.78 Å². The largest absolute Gasteiger partial charge is 0.296 e. The lowest BCUT2D eigenvalue weighted by atomic mass is 10.2. The van der Waals surface area contributed by atoms with E-state index in [2.05, 4.69) is 0 Å². The zero-order valence-electron chi connectivity index (χ0n) is 4.81. The molecule has 0 saturated carbocycles. The molecule has 0 aliphatic heterocycles. The highest BCUT2D eigenvalue weighted by Gasteiger charge is 2.17. The van der Waals surface area contributed by atoms with Crippen molar-refractivity contribution in [2.24, 2.45) is 0 Å². The second-order valence-electron chi connectivity index (χ2n) is 1.38. The van der Waals surface area contributed by atoms with Crippen LogP contribution in [0.3, 0.4) is 0 Å². The van der Waals surface area contributed by atoms with Crippen LogP contribution in [-0.4, -0.2) is 16.8 Å². The maximum Gasteiger partial charge on any atom is 0.296 e. The van der Waals surface area contributed by atoms with Crippen molar-refractivity contribution >= 4 is 28.4 Å². The number of rotatable bonds is 3. The molecule has 0 N–H and O–H groups in total. The fourth-order valence-electron chi connectivity index (χ4n) is 0.270. The third-order valence-corrected chi connectivity index (χ3v) is 0.925. The third kappa shape index (κ3) is 2.37. The smallest absolute Gasteiger partial charge is 0.290 e. The monoisotopic (exact) mass is 148 g/mol. The molecule has 0 aromatic heterocycles. The molecule has 0 unspecified atom stereocenters. The van der Waals surface area contributed by atoms with E-state index in [-0.39, 0.29) is 6.42 Å². The SMILES string of the molecule is CCC(=O)C(=O)C(=O)Cl. The topological polar surface area (TPSA) is 51.2 Å². The Kier molecular flexibility index (Phi) is 3.09. The van der Waals surface area contributed by atoms with Crippen molar-refractivity contribution in [1.82, 2.24) is 0 Å². The fraction of sp³-hybridized carbons (Fsp3) is 0.400. The summed E-state index contributed by atoms with van der Waals surface area (Å²) in [5.74, 6) is -1.87. The van der Waals surface area contributed by atoms with Crippen LogP contribution in [0.15, 0.2) is 0 Å². The number of hydrogen-bond donors (Lipinski definition) is 0. The lowest BCUT2D eigenvalue weighted by Crippen LogP contribution is -2.18. The second-order valence-corrected chi connectivity index (χ2v) is 1.72. The first-order valence-electron chi connectivity index (χ1n) is 2.36. The Bertz CT molecular complexity index is 162. The van der Waals surface area contributed by atoms with Gasteiger partial charge >= 0.3 is 0 Å². The Morgan fingerprint density at radius 2 is 1.78 bits per heavy atom. The highest BCUT2D eigenvalue weighted by atomic mass is 35.5. The molecule has 0 radical (unpaired) electrons. The van der Waals surface area contributed by atoms with Gasteiger partial charge in [0.15, 0.2) is 0 Å². The quantitative estimate of drug-likeness (QED) is 0.329. The second kappa shape index (κ2) is 3.35. The molecule has 0 aromatic rings. The van der Waals surface area contributed by atoms with E-state index in [1.54, 1.807) is 0 Å². The van der Waals surface area contributed by atoms with E-state index < -0.39 is 16.8 Å². The first-order chi connectivity index (χ1) is 4.09. The molecule has 0 heterocycles. The Balaban J connectivity index is 4.05. The summed E-state index contributed by atoms with van der Waals surface area (Å²) in [6.45, 7) is 1.49. The van der Waals surface area contributed by atoms with Gasteiger partial charge in [-0.2, -0.15) is 0 Å². The van der Waals surface area contributed by atoms with E-state index in [4.69, 9.17) is 11.6 Å². The number of hydrogen-bond acceptors (Lipinski definition) is 3. The number of carbonyl (C=O) groups excluding carboxylic acids is 3. The van der Waals surface area contributed by atoms with E-state index in [0.29, 0.717) is 0 Å². The highest BCUT2D eigenvalue weighted by Crippen LogP contribution is 1.88. The Hall–Kier alpha value is -0.700. The van der Waals surface area contributed by atoms with E-state index in [9.17, 15) is 14.4 Å². The molecule has 0 bridgehead atoms. The average Bonchev–Trinajstić information content (AvgIpc) is 1.84. The van der Waals surface area contributed by atoms with Gasteiger partial charge in [0.25, 0.3) is 11.0 Å². The van der Waals surface area contributed by atoms with Crippen LogP contribution in [0.1, 0.15) is 13.3 Å². The maximum absolute atomic E-state index is 10.3. The van der Waals surface area contributed by atoms with Crippen LogP contribution >= 0.6 is 11.6 Å². The first-order valence-corrected chi connectivity index (χ1v) is 2.74. The predicted octanol–water partition coefficient (Wildman–Crippen LogP) is 0.300. The van der Waals surface area contributed by atoms with Crippen molar-refractivity contribution in [3.8, 4) is 0 Å². The molecular weight excluding hydrogens is 144 g/mol. The van der Waals surface area contributed by atoms with Crippen molar-refractivity contribution in [2.75, 3.05) is 0 Å². The van der Waals surface area contributed by atoms with Crippen molar-refractivity contribution in [1.29, 1.82) is 0 Å². The number of ketones is 2. The van der Waals surface area contributed by atoms with Crippen LogP contribution in [0, 0.1) is 0 Å². The molecule has 0 aliphatic rings. The molecular formula is C5H5ClO3. The summed E-state index contributed by atoms with van der Waals surface area (Å²) < 4.78 is 0. The molecule has 50 valence electrons. The molecule has 0 aromatic carbocycles. The van der Waals surface area contributed by atoms with Gasteiger partial charge < -0.3 is 0 Å². The summed E-state index contributed by atoms with van der Waals surface area (Å²) in [5, 5.41) is -1.21. The van der Waals surface area contributed by atoms with Crippen LogP contribution in [-0.2, 0) is 14.4 Å². The van der Waals surface area contributed by atoms with Crippen molar-refractivity contribution in [3.63, 3.8) is 0 Å². The standard InChI is InChI=1S/C5H5ClO3/c1-2-3(7)4(8)5(6)9/h2H2,1H3. The molecule has 3 nitrogen and oxygen atoms in total. The van der Waals surface area contributed by atoms with Gasteiger partial charge in [-0.25, -0.2) is 0 Å². The molecule has 9 heavy (non-hydrogen) atoms. The van der Waals surface area contributed by atoms with Crippen LogP contribution in [0.4, 0.5) is 0 Å². The Labute approximate surface area is 57.0 Å². The van der Waals surface area contributed by atoms with Crippen molar-refractivity contribution < 1.29 is 14.4 Å². The zero-order chi connectivity index (χ0) is 7.44. The van der Waals surface area contributed by atoms with Crippen LogP contribution in [0.2, 0.25) is 0 Å². The average molecular weight is 149 g/mol. The predicted molar refractivity (Wildman–Crippen MR) is 31.2 cm³/mol. The fourth-order valence-corrected chi connectivity index (χ4v) is 0.376. The van der Waals surface area contributed by atoms with E-state index in [0.717, 1.165) is 0 Å². The summed E-state index contributed by atoms with van der Waals surface area (Å²) in [4.78, 5) is 30.5. The third-order valence-electron chi connectivity index (χ3n) is 0.753. The van der Waals surface area contributed by atoms with Crippen LogP contribution in [0.5, 0.6) is 0 Å². The normalized spacial score (nSPS) is 8.67. The minimum absolute atomic E-state index is 0.0251. The number of Topliss-reactive ketones (excluding diaryl/α,β-unsaturated/α-hetero) is 2. The highest BCUT2D eigenvalue weighted by molar-refractivity contribution is 6.89. The summed E-state index contributed by atoms with van der Waals surface area (Å²) in [6.07, 6.45) is 0.0251. The van der Waals surface area contributed by atoms with E-state index in [1.165, 1.54) is 6.92 Å². The summed E-state index contributed by atoms with van der Waals surface area (Å²) >= 11 is 4.69. The Morgan fingerprint density at radius 3 is 1.89 bits per heavy atom. The first kappa shape index (κ1) is 8.30. The maximum atomic E-state index is 10.3. The molecule has 0 fully saturated rings. The molecule has 0 saturated heterocycles. The summed E-state index contributed by atoms with van der Waals surface area (Å²) in [7, 11) is 0. The molecule has 0 aliphatic carbocycles. The van der Waals surface area contributed by atoms with Gasteiger partial charge in [-0.15, -0.1) is 0 Å². The minimum atomic E-state index is -1.21. The number of halogens is 1. The zero-order valence-corrected chi connectivity index (χ0v) is 5.57. The summed E-state index contributed by atoms with van der Waals surface area (Å²) in [5.41, 5.74) is 0. The molecule has 0 spiro atoms. The lowest BCUT2D eigenvalue weighted by molar-refractivity contribution is -0.141. The molecule has 4 heteroatoms. The van der Waals surface area contributed by atoms with Crippen molar-refractivity contribution in [3.05, 3.63) is 0 Å². The Morgan fingerprint density at radius 1 is 1.33 bits per heavy atom. The van der Waals surface area contributed by atoms with Gasteiger partial charge in [-0.05, 0) is 11.6 Å². The van der Waals surface area contributed by atoms with E-state index >= 15 is 0 Å². The molecule has 0 amide bonds. The lowest BCUT2D eigenvalue weighted by Gasteiger charge is -1.85. The van der Waals surface area contributed by atoms with Gasteiger partial charge in [0.05, 0.1) is 0 Å². The van der Waals surface area contributed by atoms with E-state index in [1.807, 2.05) is 0 Å². The summed E-state index contributed by atoms with van der Waals surface area (Å²) in [6, 6.07) is 0. The van der Waals surface area contributed by atoms with Gasteiger partial charge in [-0.1, -0.05) is 6.92 Å².